The molecule has 0 aliphatic carbocycles. The minimum absolute atomic E-state index is 0.0416. The number of nitrogens with zero attached hydrogens (tertiary/aromatic N) is 4. The summed E-state index contributed by atoms with van der Waals surface area (Å²) in [5.74, 6) is 1.03. The average Bonchev–Trinajstić information content (AvgIpc) is 3.52. The quantitative estimate of drug-likeness (QED) is 0.0921. The highest BCUT2D eigenvalue weighted by molar-refractivity contribution is 7.94. The van der Waals surface area contributed by atoms with Crippen LogP contribution in [0.2, 0.25) is 0 Å². The first-order valence-electron chi connectivity index (χ1n) is 16.5. The molecular formula is C33H64FN5O5S. The molecule has 1 fully saturated rings. The number of likely N-dealkylation sites (tertiary alicyclic amines) is 1. The number of methoxy groups -OCH3 is 1. The van der Waals surface area contributed by atoms with Gasteiger partial charge in [-0.3, -0.25) is 4.99 Å². The normalized spacial score (nSPS) is 19.1. The Morgan fingerprint density at radius 3 is 2.29 bits per heavy atom. The Hall–Kier alpha value is -2.73. The Balaban J connectivity index is -0.00000203. The number of hydrogen-bond donors (Lipinski definition) is 1. The number of aliphatic imine (C=N–C) groups is 2. The first-order valence-corrected chi connectivity index (χ1v) is 18.4. The van der Waals surface area contributed by atoms with Gasteiger partial charge in [0.05, 0.1) is 18.4 Å². The summed E-state index contributed by atoms with van der Waals surface area (Å²) in [6.07, 6.45) is 9.80. The first-order chi connectivity index (χ1) is 21.7. The van der Waals surface area contributed by atoms with Crippen molar-refractivity contribution in [3.8, 4) is 0 Å². The second-order valence-electron chi connectivity index (χ2n) is 8.86. The molecule has 0 amide bonds. The first kappa shape index (κ1) is 46.7. The molecule has 0 spiro atoms. The standard InChI is InChI=1S/C25H40FN5O5S.4C2H6/c1-7-10-21(37(6,32)33)15-19(26)16-35-25-22(34-5)23(28-17-29-25)31-13-9-11-20(31)14-18(3)24(27-4)36-30-12-8-2;4*1-2/h10,12,15,17-18,20,25H,7-9,11,13-14,16H2,1-6H3,(H,28,29);4*1-2H3/b19-15+,21-10+,27-24?,30-12+;;;;. The summed E-state index contributed by atoms with van der Waals surface area (Å²) in [6, 6.07) is 0.179. The number of ether oxygens (including phenoxy) is 2. The van der Waals surface area contributed by atoms with Gasteiger partial charge in [0.25, 0.3) is 0 Å². The number of allylic oxidation sites excluding steroid dienone is 2. The summed E-state index contributed by atoms with van der Waals surface area (Å²) in [4.78, 5) is 16.1. The van der Waals surface area contributed by atoms with Crippen LogP contribution in [-0.2, 0) is 24.1 Å². The molecule has 0 aromatic heterocycles. The molecule has 0 aromatic rings. The van der Waals surface area contributed by atoms with Crippen molar-refractivity contribution in [1.29, 1.82) is 0 Å². The monoisotopic (exact) mass is 661 g/mol. The largest absolute Gasteiger partial charge is 0.493 e. The van der Waals surface area contributed by atoms with Crippen molar-refractivity contribution in [2.24, 2.45) is 21.1 Å². The molecule has 0 bridgehead atoms. The molecule has 2 heterocycles. The van der Waals surface area contributed by atoms with Gasteiger partial charge in [0.2, 0.25) is 12.1 Å². The van der Waals surface area contributed by atoms with Crippen LogP contribution in [0.25, 0.3) is 0 Å². The van der Waals surface area contributed by atoms with Crippen LogP contribution in [-0.4, -0.2) is 77.6 Å². The van der Waals surface area contributed by atoms with Crippen LogP contribution >= 0.6 is 0 Å². The molecule has 45 heavy (non-hydrogen) atoms. The Morgan fingerprint density at radius 2 is 1.78 bits per heavy atom. The lowest BCUT2D eigenvalue weighted by Crippen LogP contribution is -2.42. The number of oxime groups is 1. The van der Waals surface area contributed by atoms with E-state index >= 15 is 0 Å². The SMILES string of the molecule is CC.CC.CC.CC.CC/C=N/OC(=NC)C(C)CC1CCCN1C1=C(OC)C(OC/C(F)=C\C(=C/CC)S(C)(=O)=O)N=CN1. The zero-order valence-corrected chi connectivity index (χ0v) is 31.4. The second-order valence-corrected chi connectivity index (χ2v) is 10.9. The Bertz CT molecular complexity index is 1060. The predicted octanol–water partition coefficient (Wildman–Crippen LogP) is 8.00. The van der Waals surface area contributed by atoms with Crippen molar-refractivity contribution in [2.45, 2.75) is 121 Å². The van der Waals surface area contributed by atoms with E-state index in [1.807, 2.05) is 62.3 Å². The lowest BCUT2D eigenvalue weighted by Gasteiger charge is -2.34. The van der Waals surface area contributed by atoms with Gasteiger partial charge in [0.15, 0.2) is 21.4 Å². The van der Waals surface area contributed by atoms with E-state index in [0.29, 0.717) is 23.9 Å². The summed E-state index contributed by atoms with van der Waals surface area (Å²) in [7, 11) is -0.341. The van der Waals surface area contributed by atoms with Gasteiger partial charge in [-0.2, -0.15) is 0 Å². The molecule has 0 saturated carbocycles. The average molecular weight is 662 g/mol. The molecule has 1 N–H and O–H groups in total. The van der Waals surface area contributed by atoms with E-state index in [9.17, 15) is 12.8 Å². The van der Waals surface area contributed by atoms with E-state index in [2.05, 4.69) is 32.3 Å². The lowest BCUT2D eigenvalue weighted by atomic mass is 9.99. The van der Waals surface area contributed by atoms with Crippen LogP contribution < -0.4 is 5.32 Å². The van der Waals surface area contributed by atoms with Crippen molar-refractivity contribution in [1.82, 2.24) is 10.2 Å². The lowest BCUT2D eigenvalue weighted by molar-refractivity contribution is 0.0424. The molecular weight excluding hydrogens is 597 g/mol. The van der Waals surface area contributed by atoms with Gasteiger partial charge in [-0.25, -0.2) is 17.8 Å². The van der Waals surface area contributed by atoms with Crippen LogP contribution in [0.5, 0.6) is 0 Å². The Labute approximate surface area is 274 Å². The highest BCUT2D eigenvalue weighted by Gasteiger charge is 2.34. The van der Waals surface area contributed by atoms with E-state index in [-0.39, 0.29) is 16.9 Å². The third-order valence-electron chi connectivity index (χ3n) is 5.94. The molecule has 0 radical (unpaired) electrons. The highest BCUT2D eigenvalue weighted by atomic mass is 32.2. The minimum Gasteiger partial charge on any atom is -0.493 e. The van der Waals surface area contributed by atoms with Crippen molar-refractivity contribution < 1.29 is 27.1 Å². The predicted molar refractivity (Wildman–Crippen MR) is 190 cm³/mol. The smallest absolute Gasteiger partial charge is 0.222 e. The molecule has 2 aliphatic rings. The van der Waals surface area contributed by atoms with Crippen LogP contribution in [0.1, 0.15) is 108 Å². The number of rotatable bonds is 13. The van der Waals surface area contributed by atoms with Gasteiger partial charge in [0, 0.05) is 38.0 Å². The maximum absolute atomic E-state index is 14.6. The number of sulfone groups is 1. The number of hydrogen-bond acceptors (Lipinski definition) is 10. The van der Waals surface area contributed by atoms with Crippen LogP contribution in [0.15, 0.2) is 49.6 Å². The van der Waals surface area contributed by atoms with Gasteiger partial charge >= 0.3 is 0 Å². The van der Waals surface area contributed by atoms with E-state index < -0.39 is 28.5 Å². The summed E-state index contributed by atoms with van der Waals surface area (Å²) in [5.41, 5.74) is 0. The molecule has 0 aromatic carbocycles. The third kappa shape index (κ3) is 17.5. The molecule has 2 rings (SSSR count). The van der Waals surface area contributed by atoms with Gasteiger partial charge < -0.3 is 24.5 Å². The van der Waals surface area contributed by atoms with Gasteiger partial charge in [-0.05, 0) is 38.2 Å². The zero-order valence-electron chi connectivity index (χ0n) is 30.6. The molecule has 3 unspecified atom stereocenters. The van der Waals surface area contributed by atoms with E-state index in [0.717, 1.165) is 44.6 Å². The van der Waals surface area contributed by atoms with Gasteiger partial charge in [0.1, 0.15) is 12.4 Å². The summed E-state index contributed by atoms with van der Waals surface area (Å²) >= 11 is 0. The molecule has 10 nitrogen and oxygen atoms in total. The van der Waals surface area contributed by atoms with Crippen molar-refractivity contribution in [3.63, 3.8) is 0 Å². The second kappa shape index (κ2) is 28.7. The number of nitrogens with one attached hydrogen (secondary N) is 1. The zero-order chi connectivity index (χ0) is 35.4. The van der Waals surface area contributed by atoms with Crippen LogP contribution in [0.3, 0.4) is 0 Å². The van der Waals surface area contributed by atoms with Crippen LogP contribution in [0.4, 0.5) is 4.39 Å². The molecule has 2 aliphatic heterocycles. The van der Waals surface area contributed by atoms with Crippen molar-refractivity contribution >= 4 is 28.3 Å². The van der Waals surface area contributed by atoms with E-state index in [1.54, 1.807) is 20.2 Å². The fraction of sp³-hybridized carbons (Fsp3) is 0.727. The Kier molecular flexibility index (Phi) is 29.8. The molecule has 264 valence electrons. The topological polar surface area (TPSA) is 114 Å². The van der Waals surface area contributed by atoms with Crippen LogP contribution in [0, 0.1) is 5.92 Å². The van der Waals surface area contributed by atoms with E-state index in [4.69, 9.17) is 14.3 Å². The fourth-order valence-electron chi connectivity index (χ4n) is 4.24. The minimum atomic E-state index is -3.55. The maximum Gasteiger partial charge on any atom is 0.222 e. The molecule has 3 atom stereocenters. The maximum atomic E-state index is 14.6. The number of halogens is 1. The Morgan fingerprint density at radius 1 is 1.16 bits per heavy atom. The summed E-state index contributed by atoms with van der Waals surface area (Å²) in [6.45, 7) is 22.2. The fourth-order valence-corrected chi connectivity index (χ4v) is 5.05. The molecule has 1 saturated heterocycles. The van der Waals surface area contributed by atoms with Crippen molar-refractivity contribution in [2.75, 3.05) is 33.6 Å². The van der Waals surface area contributed by atoms with Gasteiger partial charge in [-0.1, -0.05) is 87.4 Å². The van der Waals surface area contributed by atoms with Gasteiger partial charge in [-0.15, -0.1) is 0 Å². The third-order valence-corrected chi connectivity index (χ3v) is 7.08. The summed E-state index contributed by atoms with van der Waals surface area (Å²) in [5, 5.41) is 7.12. The highest BCUT2D eigenvalue weighted by Crippen LogP contribution is 2.30. The van der Waals surface area contributed by atoms with Crippen molar-refractivity contribution in [3.05, 3.63) is 34.5 Å². The summed E-state index contributed by atoms with van der Waals surface area (Å²) < 4.78 is 49.7. The van der Waals surface area contributed by atoms with E-state index in [1.165, 1.54) is 19.5 Å². The molecule has 12 heteroatoms.